The van der Waals surface area contributed by atoms with E-state index in [-0.39, 0.29) is 23.6 Å². The number of hydrogen-bond donors (Lipinski definition) is 0. The highest BCUT2D eigenvalue weighted by Gasteiger charge is 2.53. The Labute approximate surface area is 177 Å². The number of methoxy groups -OCH3 is 1. The molecule has 5 heteroatoms. The van der Waals surface area contributed by atoms with Gasteiger partial charge in [0.25, 0.3) is 0 Å². The molecule has 0 saturated heterocycles. The van der Waals surface area contributed by atoms with Gasteiger partial charge in [-0.1, -0.05) is 29.8 Å². The second kappa shape index (κ2) is 7.17. The summed E-state index contributed by atoms with van der Waals surface area (Å²) in [6.07, 6.45) is 5.50. The summed E-state index contributed by atoms with van der Waals surface area (Å²) in [7, 11) is 3.84. The number of nitrogens with zero attached hydrogens (tertiary/aromatic N) is 1. The van der Waals surface area contributed by atoms with Gasteiger partial charge in [-0.25, -0.2) is 4.79 Å². The van der Waals surface area contributed by atoms with Crippen molar-refractivity contribution in [1.82, 2.24) is 4.90 Å². The van der Waals surface area contributed by atoms with Gasteiger partial charge in [0.05, 0.1) is 18.1 Å². The summed E-state index contributed by atoms with van der Waals surface area (Å²) >= 11 is 0. The SMILES string of the molecule is COc1ccc2c3c1O[C@H]1C[C@@H](OC(=O)c4ccc(C)cc4)C=C[C@@]31CCN(C)C2. The number of ether oxygens (including phenoxy) is 3. The molecule has 0 unspecified atom stereocenters. The highest BCUT2D eigenvalue weighted by atomic mass is 16.6. The zero-order chi connectivity index (χ0) is 20.9. The lowest BCUT2D eigenvalue weighted by atomic mass is 9.69. The molecule has 5 nitrogen and oxygen atoms in total. The van der Waals surface area contributed by atoms with E-state index in [0.29, 0.717) is 12.0 Å². The number of aryl methyl sites for hydroxylation is 1. The molecule has 0 amide bonds. The fourth-order valence-corrected chi connectivity index (χ4v) is 5.05. The summed E-state index contributed by atoms with van der Waals surface area (Å²) in [5, 5.41) is 0. The van der Waals surface area contributed by atoms with Crippen molar-refractivity contribution < 1.29 is 19.0 Å². The number of esters is 1. The second-order valence-electron chi connectivity index (χ2n) is 8.67. The minimum atomic E-state index is -0.306. The van der Waals surface area contributed by atoms with E-state index in [0.717, 1.165) is 36.6 Å². The number of carbonyl (C=O) groups is 1. The first kappa shape index (κ1) is 19.2. The molecule has 1 aliphatic carbocycles. The van der Waals surface area contributed by atoms with Crippen molar-refractivity contribution in [3.8, 4) is 11.5 Å². The highest BCUT2D eigenvalue weighted by Crippen LogP contribution is 2.55. The molecule has 2 aromatic rings. The minimum absolute atomic E-state index is 0.0742. The maximum absolute atomic E-state index is 12.6. The molecule has 0 bridgehead atoms. The Balaban J connectivity index is 1.46. The summed E-state index contributed by atoms with van der Waals surface area (Å²) in [4.78, 5) is 15.0. The Hall–Kier alpha value is -2.79. The quantitative estimate of drug-likeness (QED) is 0.570. The van der Waals surface area contributed by atoms with Crippen molar-refractivity contribution in [2.75, 3.05) is 20.7 Å². The second-order valence-corrected chi connectivity index (χ2v) is 8.67. The van der Waals surface area contributed by atoms with Gasteiger partial charge in [0.15, 0.2) is 11.5 Å². The van der Waals surface area contributed by atoms with E-state index in [1.54, 1.807) is 7.11 Å². The number of carbonyl (C=O) groups excluding carboxylic acids is 1. The molecule has 2 aliphatic heterocycles. The maximum atomic E-state index is 12.6. The first-order valence-electron chi connectivity index (χ1n) is 10.5. The van der Waals surface area contributed by atoms with Crippen molar-refractivity contribution in [1.29, 1.82) is 0 Å². The van der Waals surface area contributed by atoms with Gasteiger partial charge < -0.3 is 19.1 Å². The van der Waals surface area contributed by atoms with Crippen LogP contribution in [-0.4, -0.2) is 43.8 Å². The Bertz CT molecular complexity index is 1010. The monoisotopic (exact) mass is 405 g/mol. The zero-order valence-electron chi connectivity index (χ0n) is 17.7. The highest BCUT2D eigenvalue weighted by molar-refractivity contribution is 5.89. The van der Waals surface area contributed by atoms with Crippen LogP contribution in [0.1, 0.15) is 39.9 Å². The van der Waals surface area contributed by atoms with E-state index >= 15 is 0 Å². The molecule has 2 heterocycles. The van der Waals surface area contributed by atoms with E-state index in [1.165, 1.54) is 11.1 Å². The van der Waals surface area contributed by atoms with Crippen LogP contribution in [-0.2, 0) is 16.7 Å². The third-order valence-corrected chi connectivity index (χ3v) is 6.68. The van der Waals surface area contributed by atoms with Gasteiger partial charge in [0.2, 0.25) is 0 Å². The van der Waals surface area contributed by atoms with Crippen molar-refractivity contribution >= 4 is 5.97 Å². The third kappa shape index (κ3) is 3.00. The number of hydrogen-bond acceptors (Lipinski definition) is 5. The zero-order valence-corrected chi connectivity index (χ0v) is 17.7. The Kier molecular flexibility index (Phi) is 4.58. The topological polar surface area (TPSA) is 48.0 Å². The van der Waals surface area contributed by atoms with Gasteiger partial charge in [-0.3, -0.25) is 0 Å². The van der Waals surface area contributed by atoms with Crippen molar-refractivity contribution in [2.45, 2.75) is 43.9 Å². The van der Waals surface area contributed by atoms with E-state index in [9.17, 15) is 4.79 Å². The molecule has 0 saturated carbocycles. The summed E-state index contributed by atoms with van der Waals surface area (Å²) in [5.41, 5.74) is 4.02. The molecule has 156 valence electrons. The molecule has 0 radical (unpaired) electrons. The first-order chi connectivity index (χ1) is 14.5. The fraction of sp³-hybridized carbons (Fsp3) is 0.400. The summed E-state index contributed by atoms with van der Waals surface area (Å²) in [6, 6.07) is 11.6. The van der Waals surface area contributed by atoms with Gasteiger partial charge >= 0.3 is 5.97 Å². The van der Waals surface area contributed by atoms with Crippen LogP contribution in [0.5, 0.6) is 11.5 Å². The summed E-state index contributed by atoms with van der Waals surface area (Å²) in [5.74, 6) is 1.33. The molecular formula is C25H27NO4. The smallest absolute Gasteiger partial charge is 0.338 e. The van der Waals surface area contributed by atoms with Crippen LogP contribution in [0.2, 0.25) is 0 Å². The Morgan fingerprint density at radius 3 is 2.77 bits per heavy atom. The van der Waals surface area contributed by atoms with Crippen LogP contribution in [0.25, 0.3) is 0 Å². The lowest BCUT2D eigenvalue weighted by Crippen LogP contribution is -2.43. The number of benzene rings is 2. The molecule has 0 aromatic heterocycles. The van der Waals surface area contributed by atoms with E-state index in [2.05, 4.69) is 30.2 Å². The number of rotatable bonds is 3. The molecule has 0 N–H and O–H groups in total. The van der Waals surface area contributed by atoms with Crippen LogP contribution in [0.3, 0.4) is 0 Å². The molecular weight excluding hydrogens is 378 g/mol. The maximum Gasteiger partial charge on any atom is 0.338 e. The predicted octanol–water partition coefficient (Wildman–Crippen LogP) is 4.02. The van der Waals surface area contributed by atoms with Crippen LogP contribution < -0.4 is 9.47 Å². The van der Waals surface area contributed by atoms with Crippen molar-refractivity contribution in [2.24, 2.45) is 0 Å². The molecule has 5 rings (SSSR count). The predicted molar refractivity (Wildman–Crippen MR) is 114 cm³/mol. The summed E-state index contributed by atoms with van der Waals surface area (Å²) in [6.45, 7) is 3.87. The first-order valence-corrected chi connectivity index (χ1v) is 10.5. The molecule has 30 heavy (non-hydrogen) atoms. The van der Waals surface area contributed by atoms with Crippen LogP contribution >= 0.6 is 0 Å². The average Bonchev–Trinajstić information content (AvgIpc) is 3.00. The van der Waals surface area contributed by atoms with Gasteiger partial charge in [0.1, 0.15) is 12.2 Å². The molecule has 0 fully saturated rings. The van der Waals surface area contributed by atoms with Crippen molar-refractivity contribution in [3.05, 3.63) is 70.8 Å². The van der Waals surface area contributed by atoms with Crippen LogP contribution in [0.15, 0.2) is 48.6 Å². The largest absolute Gasteiger partial charge is 0.493 e. The van der Waals surface area contributed by atoms with Gasteiger partial charge in [-0.15, -0.1) is 0 Å². The third-order valence-electron chi connectivity index (χ3n) is 6.68. The van der Waals surface area contributed by atoms with Gasteiger partial charge in [0, 0.05) is 18.5 Å². The average molecular weight is 405 g/mol. The normalized spacial score (nSPS) is 26.9. The fourth-order valence-electron chi connectivity index (χ4n) is 5.05. The van der Waals surface area contributed by atoms with Gasteiger partial charge in [-0.05, 0) is 56.8 Å². The molecule has 1 spiro atoms. The molecule has 3 atom stereocenters. The van der Waals surface area contributed by atoms with E-state index in [1.807, 2.05) is 37.3 Å². The Morgan fingerprint density at radius 2 is 2.00 bits per heavy atom. The van der Waals surface area contributed by atoms with E-state index in [4.69, 9.17) is 14.2 Å². The summed E-state index contributed by atoms with van der Waals surface area (Å²) < 4.78 is 17.9. The lowest BCUT2D eigenvalue weighted by Gasteiger charge is -2.36. The van der Waals surface area contributed by atoms with Crippen molar-refractivity contribution in [3.63, 3.8) is 0 Å². The lowest BCUT2D eigenvalue weighted by molar-refractivity contribution is 0.0218. The molecule has 2 aromatic carbocycles. The van der Waals surface area contributed by atoms with Crippen LogP contribution in [0, 0.1) is 6.92 Å². The Morgan fingerprint density at radius 1 is 1.20 bits per heavy atom. The minimum Gasteiger partial charge on any atom is -0.493 e. The van der Waals surface area contributed by atoms with Crippen LogP contribution in [0.4, 0.5) is 0 Å². The van der Waals surface area contributed by atoms with Gasteiger partial charge in [-0.2, -0.15) is 0 Å². The molecule has 3 aliphatic rings. The standard InChI is InChI=1S/C25H27NO4/c1-16-4-6-17(7-5-16)24(27)29-19-10-11-25-12-13-26(2)15-18-8-9-20(28-3)23(22(18)25)30-21(25)14-19/h4-11,19,21H,12-15H2,1-3H3/t19-,21-,25-/m0/s1. The van der Waals surface area contributed by atoms with E-state index < -0.39 is 0 Å².